The van der Waals surface area contributed by atoms with Crippen molar-refractivity contribution in [2.75, 3.05) is 12.4 Å². The number of fused-ring (bicyclic) bond motifs is 1. The Morgan fingerprint density at radius 1 is 1.00 bits per heavy atom. The van der Waals surface area contributed by atoms with Gasteiger partial charge < -0.3 is 10.6 Å². The second-order valence-electron chi connectivity index (χ2n) is 4.73. The molecule has 0 fully saturated rings. The highest BCUT2D eigenvalue weighted by molar-refractivity contribution is 6.11. The zero-order valence-electron chi connectivity index (χ0n) is 11.9. The lowest BCUT2D eigenvalue weighted by atomic mass is 10.2. The van der Waals surface area contributed by atoms with Crippen LogP contribution in [0.4, 0.5) is 5.69 Å². The zero-order valence-corrected chi connectivity index (χ0v) is 11.9. The largest absolute Gasteiger partial charge is 0.355 e. The van der Waals surface area contributed by atoms with Gasteiger partial charge in [-0.25, -0.2) is 0 Å². The van der Waals surface area contributed by atoms with Gasteiger partial charge in [0.15, 0.2) is 5.69 Å². The van der Waals surface area contributed by atoms with Gasteiger partial charge in [-0.2, -0.15) is 5.10 Å². The summed E-state index contributed by atoms with van der Waals surface area (Å²) in [6.45, 7) is 0. The number of hydrogen-bond acceptors (Lipinski definition) is 3. The van der Waals surface area contributed by atoms with Crippen LogP contribution in [0.15, 0.2) is 48.5 Å². The van der Waals surface area contributed by atoms with Gasteiger partial charge in [0.2, 0.25) is 0 Å². The molecule has 0 saturated heterocycles. The van der Waals surface area contributed by atoms with E-state index in [9.17, 15) is 9.59 Å². The van der Waals surface area contributed by atoms with Crippen LogP contribution in [0, 0.1) is 0 Å². The van der Waals surface area contributed by atoms with Crippen LogP contribution >= 0.6 is 0 Å². The topological polar surface area (TPSA) is 86.9 Å². The summed E-state index contributed by atoms with van der Waals surface area (Å²) in [7, 11) is 1.57. The normalized spacial score (nSPS) is 10.4. The smallest absolute Gasteiger partial charge is 0.276 e. The molecule has 2 aromatic carbocycles. The molecule has 0 bridgehead atoms. The molecule has 22 heavy (non-hydrogen) atoms. The van der Waals surface area contributed by atoms with Crippen LogP contribution in [-0.4, -0.2) is 29.1 Å². The van der Waals surface area contributed by atoms with Crippen LogP contribution in [0.25, 0.3) is 10.9 Å². The number of para-hydroxylation sites is 1. The van der Waals surface area contributed by atoms with Gasteiger partial charge >= 0.3 is 0 Å². The summed E-state index contributed by atoms with van der Waals surface area (Å²) in [5.74, 6) is -0.471. The Morgan fingerprint density at radius 2 is 1.73 bits per heavy atom. The van der Waals surface area contributed by atoms with E-state index in [1.54, 1.807) is 31.3 Å². The fraction of sp³-hybridized carbons (Fsp3) is 0.0625. The number of nitrogens with one attached hydrogen (secondary N) is 3. The molecule has 0 saturated carbocycles. The van der Waals surface area contributed by atoms with Crippen LogP contribution < -0.4 is 10.6 Å². The SMILES string of the molecule is CNC(=O)c1ccc(NC(=O)c2n[nH]c3ccccc23)cc1. The Hall–Kier alpha value is -3.15. The van der Waals surface area contributed by atoms with Crippen molar-refractivity contribution in [1.29, 1.82) is 0 Å². The first kappa shape index (κ1) is 13.8. The van der Waals surface area contributed by atoms with E-state index in [2.05, 4.69) is 20.8 Å². The third-order valence-corrected chi connectivity index (χ3v) is 3.32. The zero-order chi connectivity index (χ0) is 15.5. The van der Waals surface area contributed by atoms with Crippen LogP contribution in [0.5, 0.6) is 0 Å². The number of nitrogens with zero attached hydrogens (tertiary/aromatic N) is 1. The van der Waals surface area contributed by atoms with Gasteiger partial charge in [-0.05, 0) is 30.3 Å². The van der Waals surface area contributed by atoms with E-state index in [0.717, 1.165) is 10.9 Å². The summed E-state index contributed by atoms with van der Waals surface area (Å²) in [5.41, 5.74) is 2.28. The Kier molecular flexibility index (Phi) is 3.57. The molecule has 6 nitrogen and oxygen atoms in total. The Labute approximate surface area is 126 Å². The van der Waals surface area contributed by atoms with Gasteiger partial charge in [0.05, 0.1) is 5.52 Å². The number of carbonyl (C=O) groups is 2. The molecule has 3 aromatic rings. The van der Waals surface area contributed by atoms with Gasteiger partial charge in [0, 0.05) is 23.7 Å². The van der Waals surface area contributed by atoms with Crippen molar-refractivity contribution in [3.63, 3.8) is 0 Å². The summed E-state index contributed by atoms with van der Waals surface area (Å²) in [6, 6.07) is 14.1. The standard InChI is InChI=1S/C16H14N4O2/c1-17-15(21)10-6-8-11(9-7-10)18-16(22)14-12-4-2-3-5-13(12)19-20-14/h2-9H,1H3,(H,17,21)(H,18,22)(H,19,20). The van der Waals surface area contributed by atoms with Crippen LogP contribution in [0.2, 0.25) is 0 Å². The number of H-pyrrole nitrogens is 1. The Bertz CT molecular complexity index is 837. The molecule has 110 valence electrons. The van der Waals surface area contributed by atoms with Crippen molar-refractivity contribution in [1.82, 2.24) is 15.5 Å². The Morgan fingerprint density at radius 3 is 2.45 bits per heavy atom. The predicted molar refractivity (Wildman–Crippen MR) is 83.9 cm³/mol. The predicted octanol–water partition coefficient (Wildman–Crippen LogP) is 2.17. The maximum Gasteiger partial charge on any atom is 0.276 e. The first-order chi connectivity index (χ1) is 10.7. The molecular weight excluding hydrogens is 280 g/mol. The monoisotopic (exact) mass is 294 g/mol. The third-order valence-electron chi connectivity index (χ3n) is 3.32. The molecule has 1 aromatic heterocycles. The van der Waals surface area contributed by atoms with E-state index >= 15 is 0 Å². The first-order valence-electron chi connectivity index (χ1n) is 6.75. The van der Waals surface area contributed by atoms with Crippen molar-refractivity contribution < 1.29 is 9.59 Å². The second-order valence-corrected chi connectivity index (χ2v) is 4.73. The van der Waals surface area contributed by atoms with E-state index in [4.69, 9.17) is 0 Å². The van der Waals surface area contributed by atoms with Gasteiger partial charge in [-0.1, -0.05) is 18.2 Å². The molecule has 2 amide bonds. The van der Waals surface area contributed by atoms with Gasteiger partial charge in [0.1, 0.15) is 0 Å². The maximum absolute atomic E-state index is 12.3. The Balaban J connectivity index is 1.81. The highest BCUT2D eigenvalue weighted by Gasteiger charge is 2.14. The van der Waals surface area contributed by atoms with Gasteiger partial charge in [-0.15, -0.1) is 0 Å². The fourth-order valence-electron chi connectivity index (χ4n) is 2.18. The molecule has 3 rings (SSSR count). The minimum absolute atomic E-state index is 0.170. The van der Waals surface area contributed by atoms with E-state index in [1.165, 1.54) is 0 Å². The van der Waals surface area contributed by atoms with Crippen LogP contribution in [0.3, 0.4) is 0 Å². The summed E-state index contributed by atoms with van der Waals surface area (Å²) in [5, 5.41) is 12.9. The average molecular weight is 294 g/mol. The van der Waals surface area contributed by atoms with Gasteiger partial charge in [-0.3, -0.25) is 14.7 Å². The number of hydrogen-bond donors (Lipinski definition) is 3. The molecule has 3 N–H and O–H groups in total. The second kappa shape index (κ2) is 5.69. The fourth-order valence-corrected chi connectivity index (χ4v) is 2.18. The van der Waals surface area contributed by atoms with E-state index < -0.39 is 0 Å². The molecule has 0 aliphatic heterocycles. The van der Waals surface area contributed by atoms with E-state index in [-0.39, 0.29) is 11.8 Å². The molecule has 0 spiro atoms. The van der Waals surface area contributed by atoms with Crippen molar-refractivity contribution in [2.45, 2.75) is 0 Å². The lowest BCUT2D eigenvalue weighted by Gasteiger charge is -2.05. The van der Waals surface area contributed by atoms with Crippen molar-refractivity contribution in [3.8, 4) is 0 Å². The molecule has 0 aliphatic carbocycles. The number of benzene rings is 2. The first-order valence-corrected chi connectivity index (χ1v) is 6.75. The lowest BCUT2D eigenvalue weighted by Crippen LogP contribution is -2.18. The molecule has 0 unspecified atom stereocenters. The van der Waals surface area contributed by atoms with Crippen molar-refractivity contribution in [3.05, 3.63) is 59.8 Å². The molecule has 0 atom stereocenters. The number of amides is 2. The quantitative estimate of drug-likeness (QED) is 0.692. The number of aromatic amines is 1. The van der Waals surface area contributed by atoms with E-state index in [1.807, 2.05) is 24.3 Å². The molecule has 6 heteroatoms. The van der Waals surface area contributed by atoms with Crippen LogP contribution in [-0.2, 0) is 0 Å². The number of rotatable bonds is 3. The van der Waals surface area contributed by atoms with Crippen molar-refractivity contribution >= 4 is 28.4 Å². The van der Waals surface area contributed by atoms with Crippen LogP contribution in [0.1, 0.15) is 20.8 Å². The van der Waals surface area contributed by atoms with Crippen molar-refractivity contribution in [2.24, 2.45) is 0 Å². The van der Waals surface area contributed by atoms with E-state index in [0.29, 0.717) is 16.9 Å². The molecule has 0 radical (unpaired) electrons. The summed E-state index contributed by atoms with van der Waals surface area (Å²) in [4.78, 5) is 23.8. The lowest BCUT2D eigenvalue weighted by molar-refractivity contribution is 0.0962. The number of anilines is 1. The highest BCUT2D eigenvalue weighted by Crippen LogP contribution is 2.17. The average Bonchev–Trinajstić information content (AvgIpc) is 2.99. The summed E-state index contributed by atoms with van der Waals surface area (Å²) in [6.07, 6.45) is 0. The summed E-state index contributed by atoms with van der Waals surface area (Å²) >= 11 is 0. The minimum atomic E-state index is -0.301. The summed E-state index contributed by atoms with van der Waals surface area (Å²) < 4.78 is 0. The molecule has 0 aliphatic rings. The molecular formula is C16H14N4O2. The third kappa shape index (κ3) is 2.54. The number of aromatic nitrogens is 2. The maximum atomic E-state index is 12.3. The molecule has 1 heterocycles. The highest BCUT2D eigenvalue weighted by atomic mass is 16.2. The van der Waals surface area contributed by atoms with Gasteiger partial charge in [0.25, 0.3) is 11.8 Å². The minimum Gasteiger partial charge on any atom is -0.355 e. The number of carbonyl (C=O) groups excluding carboxylic acids is 2.